The van der Waals surface area contributed by atoms with Crippen LogP contribution in [0.3, 0.4) is 0 Å². The molecule has 2 N–H and O–H groups in total. The van der Waals surface area contributed by atoms with Crippen LogP contribution in [-0.4, -0.2) is 55.7 Å². The molecule has 0 spiro atoms. The summed E-state index contributed by atoms with van der Waals surface area (Å²) in [5.41, 5.74) is 0. The molecule has 0 unspecified atom stereocenters. The van der Waals surface area contributed by atoms with Crippen molar-refractivity contribution in [1.29, 1.82) is 0 Å². The number of nitrogens with zero attached hydrogens (tertiary/aromatic N) is 1. The van der Waals surface area contributed by atoms with E-state index in [4.69, 9.17) is 4.74 Å². The zero-order valence-corrected chi connectivity index (χ0v) is 12.9. The maximum absolute atomic E-state index is 11.8. The predicted molar refractivity (Wildman–Crippen MR) is 81.4 cm³/mol. The minimum absolute atomic E-state index is 0.131. The molecule has 3 amide bonds. The fourth-order valence-corrected chi connectivity index (χ4v) is 2.91. The number of carbonyl (C=O) groups is 2. The third-order valence-electron chi connectivity index (χ3n) is 3.18. The Morgan fingerprint density at radius 3 is 3.10 bits per heavy atom. The van der Waals surface area contributed by atoms with E-state index in [1.165, 1.54) is 4.88 Å². The van der Waals surface area contributed by atoms with Crippen molar-refractivity contribution in [2.24, 2.45) is 0 Å². The van der Waals surface area contributed by atoms with Crippen LogP contribution in [0, 0.1) is 0 Å². The summed E-state index contributed by atoms with van der Waals surface area (Å²) in [4.78, 5) is 26.6. The van der Waals surface area contributed by atoms with Crippen LogP contribution in [0.25, 0.3) is 0 Å². The van der Waals surface area contributed by atoms with E-state index in [1.807, 2.05) is 29.3 Å². The second-order valence-electron chi connectivity index (χ2n) is 5.05. The summed E-state index contributed by atoms with van der Waals surface area (Å²) in [7, 11) is 0. The van der Waals surface area contributed by atoms with Crippen LogP contribution in [-0.2, 0) is 16.0 Å². The summed E-state index contributed by atoms with van der Waals surface area (Å²) in [6, 6.07) is 3.57. The van der Waals surface area contributed by atoms with Gasteiger partial charge in [0.1, 0.15) is 0 Å². The number of carbonyl (C=O) groups excluding carboxylic acids is 2. The normalized spacial score (nSPS) is 19.2. The van der Waals surface area contributed by atoms with Crippen molar-refractivity contribution in [2.45, 2.75) is 19.4 Å². The number of ether oxygens (including phenoxy) is 1. The summed E-state index contributed by atoms with van der Waals surface area (Å²) >= 11 is 1.65. The van der Waals surface area contributed by atoms with Gasteiger partial charge in [0.05, 0.1) is 19.3 Å². The van der Waals surface area contributed by atoms with E-state index in [2.05, 4.69) is 10.6 Å². The molecule has 2 heterocycles. The maximum atomic E-state index is 11.8. The lowest BCUT2D eigenvalue weighted by Gasteiger charge is -2.30. The van der Waals surface area contributed by atoms with Crippen molar-refractivity contribution in [3.8, 4) is 0 Å². The summed E-state index contributed by atoms with van der Waals surface area (Å²) < 4.78 is 5.41. The highest BCUT2D eigenvalue weighted by Crippen LogP contribution is 2.08. The van der Waals surface area contributed by atoms with Crippen LogP contribution in [0.15, 0.2) is 17.5 Å². The number of thiophene rings is 1. The standard InChI is InChI=1S/C14H21N3O3S/c1-11-9-17(6-7-20-11)10-13(18)16-14(19)15-5-4-12-3-2-8-21-12/h2-3,8,11H,4-7,9-10H2,1H3,(H2,15,16,18,19)/t11-/m1/s1. The van der Waals surface area contributed by atoms with Gasteiger partial charge < -0.3 is 10.1 Å². The van der Waals surface area contributed by atoms with Gasteiger partial charge in [0.25, 0.3) is 0 Å². The molecule has 0 aromatic carbocycles. The number of nitrogens with one attached hydrogen (secondary N) is 2. The highest BCUT2D eigenvalue weighted by Gasteiger charge is 2.19. The van der Waals surface area contributed by atoms with Crippen molar-refractivity contribution < 1.29 is 14.3 Å². The van der Waals surface area contributed by atoms with E-state index >= 15 is 0 Å². The number of amides is 3. The second kappa shape index (κ2) is 8.11. The van der Waals surface area contributed by atoms with Gasteiger partial charge in [-0.2, -0.15) is 0 Å². The molecule has 2 rings (SSSR count). The Morgan fingerprint density at radius 2 is 2.38 bits per heavy atom. The van der Waals surface area contributed by atoms with Crippen LogP contribution in [0.4, 0.5) is 4.79 Å². The minimum atomic E-state index is -0.433. The molecular weight excluding hydrogens is 290 g/mol. The van der Waals surface area contributed by atoms with E-state index < -0.39 is 6.03 Å². The van der Waals surface area contributed by atoms with Crippen molar-refractivity contribution in [1.82, 2.24) is 15.5 Å². The van der Waals surface area contributed by atoms with Gasteiger partial charge in [0.15, 0.2) is 0 Å². The lowest BCUT2D eigenvalue weighted by Crippen LogP contribution is -2.49. The Hall–Kier alpha value is -1.44. The lowest BCUT2D eigenvalue weighted by atomic mass is 10.3. The number of hydrogen-bond acceptors (Lipinski definition) is 5. The molecule has 0 bridgehead atoms. The third kappa shape index (κ3) is 5.82. The Kier molecular flexibility index (Phi) is 6.16. The fourth-order valence-electron chi connectivity index (χ4n) is 2.20. The number of urea groups is 1. The molecule has 21 heavy (non-hydrogen) atoms. The minimum Gasteiger partial charge on any atom is -0.376 e. The van der Waals surface area contributed by atoms with E-state index in [-0.39, 0.29) is 18.6 Å². The Bertz CT molecular complexity index is 464. The second-order valence-corrected chi connectivity index (χ2v) is 6.08. The number of imide groups is 1. The molecule has 0 radical (unpaired) electrons. The highest BCUT2D eigenvalue weighted by molar-refractivity contribution is 7.09. The molecule has 7 heteroatoms. The number of rotatable bonds is 5. The molecule has 1 aromatic rings. The van der Waals surface area contributed by atoms with E-state index in [0.29, 0.717) is 19.7 Å². The first-order valence-corrected chi connectivity index (χ1v) is 7.95. The first-order valence-electron chi connectivity index (χ1n) is 7.07. The average molecular weight is 311 g/mol. The molecule has 1 aromatic heterocycles. The molecule has 1 aliphatic rings. The van der Waals surface area contributed by atoms with Gasteiger partial charge in [-0.1, -0.05) is 6.07 Å². The molecule has 0 aliphatic carbocycles. The quantitative estimate of drug-likeness (QED) is 0.845. The van der Waals surface area contributed by atoms with Crippen molar-refractivity contribution in [3.05, 3.63) is 22.4 Å². The summed E-state index contributed by atoms with van der Waals surface area (Å²) in [5, 5.41) is 7.05. The molecular formula is C14H21N3O3S. The van der Waals surface area contributed by atoms with Gasteiger partial charge in [0, 0.05) is 24.5 Å². The zero-order valence-electron chi connectivity index (χ0n) is 12.1. The van der Waals surface area contributed by atoms with Crippen LogP contribution in [0.5, 0.6) is 0 Å². The highest BCUT2D eigenvalue weighted by atomic mass is 32.1. The predicted octanol–water partition coefficient (Wildman–Crippen LogP) is 0.837. The summed E-state index contributed by atoms with van der Waals surface area (Å²) in [6.07, 6.45) is 0.909. The Morgan fingerprint density at radius 1 is 1.52 bits per heavy atom. The molecule has 1 aliphatic heterocycles. The molecule has 1 saturated heterocycles. The molecule has 116 valence electrons. The van der Waals surface area contributed by atoms with E-state index in [1.54, 1.807) is 11.3 Å². The van der Waals surface area contributed by atoms with Crippen LogP contribution < -0.4 is 10.6 Å². The van der Waals surface area contributed by atoms with Crippen molar-refractivity contribution in [2.75, 3.05) is 32.8 Å². The van der Waals surface area contributed by atoms with Crippen LogP contribution in [0.2, 0.25) is 0 Å². The molecule has 6 nitrogen and oxygen atoms in total. The SMILES string of the molecule is C[C@@H]1CN(CC(=O)NC(=O)NCCc2cccs2)CCO1. The largest absolute Gasteiger partial charge is 0.376 e. The molecule has 0 saturated carbocycles. The smallest absolute Gasteiger partial charge is 0.321 e. The van der Waals surface area contributed by atoms with Gasteiger partial charge in [-0.3, -0.25) is 15.0 Å². The molecule has 1 fully saturated rings. The Balaban J connectivity index is 1.61. The fraction of sp³-hybridized carbons (Fsp3) is 0.571. The van der Waals surface area contributed by atoms with Gasteiger partial charge in [-0.15, -0.1) is 11.3 Å². The van der Waals surface area contributed by atoms with E-state index in [0.717, 1.165) is 13.0 Å². The number of hydrogen-bond donors (Lipinski definition) is 2. The zero-order chi connectivity index (χ0) is 15.1. The topological polar surface area (TPSA) is 70.7 Å². The molecule has 1 atom stereocenters. The summed E-state index contributed by atoms with van der Waals surface area (Å²) in [6.45, 7) is 4.79. The third-order valence-corrected chi connectivity index (χ3v) is 4.12. The van der Waals surface area contributed by atoms with Gasteiger partial charge in [-0.25, -0.2) is 4.79 Å². The van der Waals surface area contributed by atoms with E-state index in [9.17, 15) is 9.59 Å². The van der Waals surface area contributed by atoms with Gasteiger partial charge in [-0.05, 0) is 24.8 Å². The monoisotopic (exact) mass is 311 g/mol. The maximum Gasteiger partial charge on any atom is 0.321 e. The lowest BCUT2D eigenvalue weighted by molar-refractivity contribution is -0.122. The average Bonchev–Trinajstić information content (AvgIpc) is 2.91. The van der Waals surface area contributed by atoms with Crippen molar-refractivity contribution in [3.63, 3.8) is 0 Å². The Labute approximate surface area is 128 Å². The first-order chi connectivity index (χ1) is 10.1. The van der Waals surface area contributed by atoms with Gasteiger partial charge >= 0.3 is 6.03 Å². The van der Waals surface area contributed by atoms with Crippen LogP contribution in [0.1, 0.15) is 11.8 Å². The van der Waals surface area contributed by atoms with Crippen LogP contribution >= 0.6 is 11.3 Å². The first kappa shape index (κ1) is 15.9. The van der Waals surface area contributed by atoms with Gasteiger partial charge in [0.2, 0.25) is 5.91 Å². The number of morpholine rings is 1. The van der Waals surface area contributed by atoms with Crippen molar-refractivity contribution >= 4 is 23.3 Å². The summed E-state index contributed by atoms with van der Waals surface area (Å²) in [5.74, 6) is -0.280.